The fourth-order valence-electron chi connectivity index (χ4n) is 2.58. The van der Waals surface area contributed by atoms with Gasteiger partial charge in [-0.1, -0.05) is 23.5 Å². The lowest BCUT2D eigenvalue weighted by Gasteiger charge is -2.24. The molecule has 0 aliphatic carbocycles. The average molecular weight is 393 g/mol. The molecule has 10 heteroatoms. The Morgan fingerprint density at radius 2 is 1.92 bits per heavy atom. The first-order valence-electron chi connectivity index (χ1n) is 7.89. The van der Waals surface area contributed by atoms with Crippen LogP contribution in [0, 0.1) is 0 Å². The summed E-state index contributed by atoms with van der Waals surface area (Å²) in [6, 6.07) is 10.1. The smallest absolute Gasteiger partial charge is 0.293 e. The van der Waals surface area contributed by atoms with E-state index in [4.69, 9.17) is 9.15 Å². The summed E-state index contributed by atoms with van der Waals surface area (Å²) in [6.45, 7) is 1.20. The SMILES string of the molecule is O=C(Nc1nc2ccccc2s1)c1ccc(S(=O)(=O)N2CCOCC2)o1. The van der Waals surface area contributed by atoms with Crippen LogP contribution in [0.25, 0.3) is 10.2 Å². The van der Waals surface area contributed by atoms with Gasteiger partial charge >= 0.3 is 0 Å². The molecule has 1 aliphatic rings. The third kappa shape index (κ3) is 3.23. The molecule has 3 heterocycles. The summed E-state index contributed by atoms with van der Waals surface area (Å²) in [4.78, 5) is 16.7. The third-order valence-corrected chi connectivity index (χ3v) is 6.61. The molecule has 8 nitrogen and oxygen atoms in total. The molecular weight excluding hydrogens is 378 g/mol. The Kier molecular flexibility index (Phi) is 4.49. The molecule has 0 bridgehead atoms. The number of nitrogens with zero attached hydrogens (tertiary/aromatic N) is 2. The second-order valence-corrected chi connectivity index (χ2v) is 8.48. The summed E-state index contributed by atoms with van der Waals surface area (Å²) in [5.74, 6) is -0.636. The number of fused-ring (bicyclic) bond motifs is 1. The molecule has 0 spiro atoms. The maximum atomic E-state index is 12.5. The minimum atomic E-state index is -3.77. The Labute approximate surface area is 153 Å². The number of hydrogen-bond donors (Lipinski definition) is 1. The van der Waals surface area contributed by atoms with Crippen molar-refractivity contribution < 1.29 is 22.4 Å². The molecule has 136 valence electrons. The van der Waals surface area contributed by atoms with Crippen molar-refractivity contribution in [3.63, 3.8) is 0 Å². The molecule has 2 aromatic heterocycles. The number of sulfonamides is 1. The predicted octanol–water partition coefficient (Wildman–Crippen LogP) is 2.16. The van der Waals surface area contributed by atoms with E-state index in [-0.39, 0.29) is 23.9 Å². The third-order valence-electron chi connectivity index (χ3n) is 3.88. The van der Waals surface area contributed by atoms with Crippen LogP contribution in [0.1, 0.15) is 10.6 Å². The summed E-state index contributed by atoms with van der Waals surface area (Å²) in [5, 5.41) is 2.80. The summed E-state index contributed by atoms with van der Waals surface area (Å²) in [5.41, 5.74) is 0.780. The number of carbonyl (C=O) groups excluding carboxylic acids is 1. The number of furan rings is 1. The molecule has 0 saturated carbocycles. The fourth-order valence-corrected chi connectivity index (χ4v) is 4.76. The number of amides is 1. The lowest BCUT2D eigenvalue weighted by molar-refractivity contribution is 0.0723. The van der Waals surface area contributed by atoms with Crippen LogP contribution in [0.4, 0.5) is 5.13 Å². The fraction of sp³-hybridized carbons (Fsp3) is 0.250. The van der Waals surface area contributed by atoms with E-state index >= 15 is 0 Å². The van der Waals surface area contributed by atoms with Gasteiger partial charge in [-0.15, -0.1) is 0 Å². The van der Waals surface area contributed by atoms with Crippen molar-refractivity contribution in [2.45, 2.75) is 5.09 Å². The first-order valence-corrected chi connectivity index (χ1v) is 10.1. The van der Waals surface area contributed by atoms with Gasteiger partial charge < -0.3 is 9.15 Å². The molecule has 26 heavy (non-hydrogen) atoms. The van der Waals surface area contributed by atoms with Crippen LogP contribution in [0.2, 0.25) is 0 Å². The Morgan fingerprint density at radius 1 is 1.15 bits per heavy atom. The molecule has 0 radical (unpaired) electrons. The molecule has 1 aliphatic heterocycles. The minimum Gasteiger partial charge on any atom is -0.438 e. The van der Waals surface area contributed by atoms with Crippen LogP contribution in [0.3, 0.4) is 0 Å². The number of nitrogens with one attached hydrogen (secondary N) is 1. The van der Waals surface area contributed by atoms with E-state index in [0.29, 0.717) is 18.3 Å². The number of para-hydroxylation sites is 1. The topological polar surface area (TPSA) is 102 Å². The largest absolute Gasteiger partial charge is 0.438 e. The monoisotopic (exact) mass is 393 g/mol. The lowest BCUT2D eigenvalue weighted by atomic mass is 10.3. The van der Waals surface area contributed by atoms with E-state index in [1.54, 1.807) is 0 Å². The van der Waals surface area contributed by atoms with E-state index < -0.39 is 15.9 Å². The molecule has 4 rings (SSSR count). The van der Waals surface area contributed by atoms with Gasteiger partial charge in [0.15, 0.2) is 10.9 Å². The summed E-state index contributed by atoms with van der Waals surface area (Å²) < 4.78 is 37.8. The predicted molar refractivity (Wildman–Crippen MR) is 95.9 cm³/mol. The maximum Gasteiger partial charge on any atom is 0.293 e. The normalized spacial score (nSPS) is 16.0. The molecular formula is C16H15N3O5S2. The highest BCUT2D eigenvalue weighted by Crippen LogP contribution is 2.26. The number of anilines is 1. The van der Waals surface area contributed by atoms with Crippen molar-refractivity contribution in [3.05, 3.63) is 42.2 Å². The van der Waals surface area contributed by atoms with Gasteiger partial charge in [0.25, 0.3) is 15.9 Å². The number of rotatable bonds is 4. The van der Waals surface area contributed by atoms with Crippen LogP contribution < -0.4 is 5.32 Å². The highest BCUT2D eigenvalue weighted by atomic mass is 32.2. The van der Waals surface area contributed by atoms with Crippen molar-refractivity contribution in [2.24, 2.45) is 0 Å². The van der Waals surface area contributed by atoms with Crippen LogP contribution in [0.15, 0.2) is 45.9 Å². The van der Waals surface area contributed by atoms with Gasteiger partial charge in [-0.3, -0.25) is 10.1 Å². The lowest BCUT2D eigenvalue weighted by Crippen LogP contribution is -2.40. The van der Waals surface area contributed by atoms with Crippen molar-refractivity contribution >= 4 is 42.6 Å². The average Bonchev–Trinajstić information content (AvgIpc) is 3.29. The second-order valence-electron chi connectivity index (χ2n) is 5.58. The zero-order valence-corrected chi connectivity index (χ0v) is 15.2. The van der Waals surface area contributed by atoms with Crippen LogP contribution in [0.5, 0.6) is 0 Å². The van der Waals surface area contributed by atoms with E-state index in [2.05, 4.69) is 10.3 Å². The number of carbonyl (C=O) groups is 1. The Balaban J connectivity index is 1.52. The zero-order valence-electron chi connectivity index (χ0n) is 13.5. The molecule has 3 aromatic rings. The first-order chi connectivity index (χ1) is 12.5. The highest BCUT2D eigenvalue weighted by Gasteiger charge is 2.30. The van der Waals surface area contributed by atoms with Crippen molar-refractivity contribution in [1.29, 1.82) is 0 Å². The summed E-state index contributed by atoms with van der Waals surface area (Å²) in [7, 11) is -3.77. The molecule has 1 aromatic carbocycles. The molecule has 0 atom stereocenters. The van der Waals surface area contributed by atoms with Gasteiger partial charge in [-0.2, -0.15) is 4.31 Å². The number of ether oxygens (including phenoxy) is 1. The van der Waals surface area contributed by atoms with Gasteiger partial charge in [0.05, 0.1) is 23.4 Å². The van der Waals surface area contributed by atoms with Crippen molar-refractivity contribution in [1.82, 2.24) is 9.29 Å². The van der Waals surface area contributed by atoms with Crippen molar-refractivity contribution in [3.8, 4) is 0 Å². The van der Waals surface area contributed by atoms with E-state index in [1.165, 1.54) is 27.8 Å². The Hall–Kier alpha value is -2.27. The molecule has 1 amide bonds. The van der Waals surface area contributed by atoms with E-state index in [1.807, 2.05) is 24.3 Å². The Morgan fingerprint density at radius 3 is 2.69 bits per heavy atom. The maximum absolute atomic E-state index is 12.5. The summed E-state index contributed by atoms with van der Waals surface area (Å²) in [6.07, 6.45) is 0. The molecule has 0 unspecified atom stereocenters. The van der Waals surface area contributed by atoms with Gasteiger partial charge in [-0.05, 0) is 24.3 Å². The van der Waals surface area contributed by atoms with Gasteiger partial charge in [0.2, 0.25) is 5.09 Å². The number of hydrogen-bond acceptors (Lipinski definition) is 7. The zero-order chi connectivity index (χ0) is 18.1. The van der Waals surface area contributed by atoms with Crippen LogP contribution in [-0.2, 0) is 14.8 Å². The molecule has 1 saturated heterocycles. The quantitative estimate of drug-likeness (QED) is 0.729. The van der Waals surface area contributed by atoms with Crippen molar-refractivity contribution in [2.75, 3.05) is 31.6 Å². The number of thiazole rings is 1. The molecule has 1 fully saturated rings. The number of aromatic nitrogens is 1. The van der Waals surface area contributed by atoms with Crippen LogP contribution >= 0.6 is 11.3 Å². The van der Waals surface area contributed by atoms with Gasteiger partial charge in [0, 0.05) is 13.1 Å². The van der Waals surface area contributed by atoms with Gasteiger partial charge in [0.1, 0.15) is 0 Å². The highest BCUT2D eigenvalue weighted by molar-refractivity contribution is 7.89. The number of benzene rings is 1. The van der Waals surface area contributed by atoms with Gasteiger partial charge in [-0.25, -0.2) is 13.4 Å². The summed E-state index contributed by atoms with van der Waals surface area (Å²) >= 11 is 1.33. The number of morpholine rings is 1. The van der Waals surface area contributed by atoms with E-state index in [0.717, 1.165) is 10.2 Å². The standard InChI is InChI=1S/C16H15N3O5S2/c20-15(18-16-17-11-3-1-2-4-13(11)25-16)12-5-6-14(24-12)26(21,22)19-7-9-23-10-8-19/h1-6H,7-10H2,(H,17,18,20). The minimum absolute atomic E-state index is 0.0870. The second kappa shape index (κ2) is 6.80. The van der Waals surface area contributed by atoms with E-state index in [9.17, 15) is 13.2 Å². The van der Waals surface area contributed by atoms with Crippen LogP contribution in [-0.4, -0.2) is 49.9 Å². The first kappa shape index (κ1) is 17.2. The Bertz CT molecular complexity index is 1020. The molecule has 1 N–H and O–H groups in total.